The number of carbonyl (C=O) groups excluding carboxylic acids is 3. The molecule has 0 aromatic rings. The van der Waals surface area contributed by atoms with E-state index in [0.29, 0.717) is 171 Å². The van der Waals surface area contributed by atoms with Gasteiger partial charge in [-0.1, -0.05) is 6.42 Å². The van der Waals surface area contributed by atoms with Crippen molar-refractivity contribution in [2.24, 2.45) is 5.73 Å². The Morgan fingerprint density at radius 1 is 0.532 bits per heavy atom. The van der Waals surface area contributed by atoms with Crippen molar-refractivity contribution in [2.45, 2.75) is 76.8 Å². The summed E-state index contributed by atoms with van der Waals surface area (Å²) in [6.45, 7) is 13.6. The van der Waals surface area contributed by atoms with Crippen LogP contribution in [0.2, 0.25) is 0 Å². The zero-order valence-corrected chi connectivity index (χ0v) is 38.1. The van der Waals surface area contributed by atoms with Crippen molar-refractivity contribution in [3.63, 3.8) is 0 Å². The molecule has 3 amide bonds. The highest BCUT2D eigenvalue weighted by Gasteiger charge is 2.23. The average Bonchev–Trinajstić information content (AvgIpc) is 3.25. The molecule has 0 spiro atoms. The van der Waals surface area contributed by atoms with E-state index in [1.165, 1.54) is 11.9 Å². The molecular formula is C42H82N4O16. The van der Waals surface area contributed by atoms with E-state index in [0.717, 1.165) is 43.4 Å². The summed E-state index contributed by atoms with van der Waals surface area (Å²) in [6.07, 6.45) is 6.71. The van der Waals surface area contributed by atoms with E-state index in [-0.39, 0.29) is 30.7 Å². The molecule has 0 radical (unpaired) electrons. The minimum absolute atomic E-state index is 0.000143. The molecule has 0 bridgehead atoms. The lowest BCUT2D eigenvalue weighted by Gasteiger charge is -2.22. The lowest BCUT2D eigenvalue weighted by Crippen LogP contribution is -2.39. The van der Waals surface area contributed by atoms with Gasteiger partial charge < -0.3 is 78.1 Å². The van der Waals surface area contributed by atoms with Crippen molar-refractivity contribution in [3.05, 3.63) is 0 Å². The number of likely N-dealkylation sites (N-methyl/N-ethyl adjacent to an activating group) is 2. The van der Waals surface area contributed by atoms with Crippen LogP contribution in [0, 0.1) is 0 Å². The van der Waals surface area contributed by atoms with Gasteiger partial charge in [0.05, 0.1) is 132 Å². The molecule has 0 heterocycles. The minimum atomic E-state index is -1.14. The Morgan fingerprint density at radius 2 is 0.919 bits per heavy atom. The van der Waals surface area contributed by atoms with E-state index in [9.17, 15) is 24.3 Å². The Hall–Kier alpha value is -2.60. The number of carboxylic acids is 1. The number of hydrogen-bond acceptors (Lipinski definition) is 16. The van der Waals surface area contributed by atoms with Crippen LogP contribution in [0.15, 0.2) is 0 Å². The number of nitrogens with two attached hydrogens (primary N) is 1. The predicted molar refractivity (Wildman–Crippen MR) is 230 cm³/mol. The molecule has 2 atom stereocenters. The topological polar surface area (TPSA) is 235 Å². The second-order valence-electron chi connectivity index (χ2n) is 14.3. The number of carboxylic acid groups (broad SMARTS) is 1. The van der Waals surface area contributed by atoms with Crippen LogP contribution in [0.1, 0.15) is 64.7 Å². The molecule has 62 heavy (non-hydrogen) atoms. The molecule has 20 heteroatoms. The Bertz CT molecular complexity index is 1040. The van der Waals surface area contributed by atoms with E-state index in [1.54, 1.807) is 7.05 Å². The lowest BCUT2D eigenvalue weighted by molar-refractivity contribution is -0.146. The minimum Gasteiger partial charge on any atom is -0.480 e. The van der Waals surface area contributed by atoms with Crippen LogP contribution in [0.3, 0.4) is 0 Å². The largest absolute Gasteiger partial charge is 0.480 e. The molecular weight excluding hydrogens is 816 g/mol. The summed E-state index contributed by atoms with van der Waals surface area (Å²) in [5.41, 5.74) is 5.71. The Labute approximate surface area is 370 Å². The first kappa shape index (κ1) is 59.4. The van der Waals surface area contributed by atoms with Crippen LogP contribution >= 0.6 is 0 Å². The molecule has 0 saturated heterocycles. The number of nitrogens with one attached hydrogen (secondary N) is 1. The van der Waals surface area contributed by atoms with Crippen molar-refractivity contribution >= 4 is 24.2 Å². The van der Waals surface area contributed by atoms with Gasteiger partial charge in [0.15, 0.2) is 0 Å². The number of nitrogens with zero attached hydrogens (tertiary/aromatic N) is 2. The first-order valence-corrected chi connectivity index (χ1v) is 22.2. The second kappa shape index (κ2) is 46.4. The summed E-state index contributed by atoms with van der Waals surface area (Å²) in [4.78, 5) is 48.6. The van der Waals surface area contributed by atoms with E-state index in [2.05, 4.69) is 5.32 Å². The number of rotatable bonds is 50. The zero-order valence-electron chi connectivity index (χ0n) is 38.1. The Morgan fingerprint density at radius 3 is 1.31 bits per heavy atom. The Kier molecular flexibility index (Phi) is 44.4. The van der Waals surface area contributed by atoms with Gasteiger partial charge in [-0.15, -0.1) is 0 Å². The Balaban J connectivity index is 3.24. The van der Waals surface area contributed by atoms with E-state index in [1.807, 2.05) is 6.92 Å². The maximum atomic E-state index is 12.2. The molecule has 0 saturated carbocycles. The van der Waals surface area contributed by atoms with Gasteiger partial charge in [0.25, 0.3) is 0 Å². The second-order valence-corrected chi connectivity index (χ2v) is 14.3. The van der Waals surface area contributed by atoms with Crippen molar-refractivity contribution in [1.29, 1.82) is 0 Å². The molecule has 0 aromatic heterocycles. The molecule has 4 N–H and O–H groups in total. The molecule has 366 valence electrons. The smallest absolute Gasteiger partial charge is 0.326 e. The average molecular weight is 899 g/mol. The number of aliphatic carboxylic acids is 1. The number of ether oxygens (including phenoxy) is 11. The summed E-state index contributed by atoms with van der Waals surface area (Å²) < 4.78 is 60.6. The van der Waals surface area contributed by atoms with Gasteiger partial charge in [-0.25, -0.2) is 4.79 Å². The van der Waals surface area contributed by atoms with Crippen molar-refractivity contribution in [2.75, 3.05) is 173 Å². The van der Waals surface area contributed by atoms with Crippen LogP contribution in [0.5, 0.6) is 0 Å². The van der Waals surface area contributed by atoms with Crippen LogP contribution in [0.25, 0.3) is 0 Å². The van der Waals surface area contributed by atoms with Crippen LogP contribution in [-0.4, -0.2) is 224 Å². The standard InChI is InChI=1S/C42H82N4O16/c1-38(43)9-5-6-13-44-40(48)12-17-54-21-25-58-29-32-61-34-36-62-35-33-60-31-28-57-24-20-53-16-8-4-7-15-52-19-23-56-27-30-59-26-22-55-18-14-45(2)41(49)11-10-39(42(50)51)46(3)37-47/h37-39H,4-36,43H2,1-3H3,(H,44,48)(H,50,51). The summed E-state index contributed by atoms with van der Waals surface area (Å²) in [5, 5.41) is 12.1. The van der Waals surface area contributed by atoms with Gasteiger partial charge in [-0.2, -0.15) is 0 Å². The molecule has 0 aliphatic heterocycles. The molecule has 0 aromatic carbocycles. The molecule has 0 rings (SSSR count). The van der Waals surface area contributed by atoms with E-state index < -0.39 is 12.0 Å². The van der Waals surface area contributed by atoms with Crippen LogP contribution in [0.4, 0.5) is 0 Å². The highest BCUT2D eigenvalue weighted by molar-refractivity contribution is 5.79. The fraction of sp³-hybridized carbons (Fsp3) is 0.905. The highest BCUT2D eigenvalue weighted by Crippen LogP contribution is 2.06. The first-order valence-electron chi connectivity index (χ1n) is 22.2. The summed E-state index contributed by atoms with van der Waals surface area (Å²) >= 11 is 0. The van der Waals surface area contributed by atoms with Crippen LogP contribution in [-0.2, 0) is 71.3 Å². The lowest BCUT2D eigenvalue weighted by atomic mass is 10.1. The maximum Gasteiger partial charge on any atom is 0.326 e. The maximum absolute atomic E-state index is 12.2. The fourth-order valence-electron chi connectivity index (χ4n) is 5.19. The zero-order chi connectivity index (χ0) is 45.6. The molecule has 0 aliphatic rings. The molecule has 20 nitrogen and oxygen atoms in total. The van der Waals surface area contributed by atoms with Crippen LogP contribution < -0.4 is 11.1 Å². The number of amides is 3. The SMILES string of the molecule is CC(N)CCCCNC(=O)CCOCCOCCOCCOCCOCCOCCOCCCCCOCCOCCOCCOCCN(C)C(=O)CCC(C(=O)O)N(C)C=O. The van der Waals surface area contributed by atoms with E-state index in [4.69, 9.17) is 57.8 Å². The third-order valence-corrected chi connectivity index (χ3v) is 8.88. The number of carbonyl (C=O) groups is 4. The molecule has 2 unspecified atom stereocenters. The summed E-state index contributed by atoms with van der Waals surface area (Å²) in [5.74, 6) is -1.36. The van der Waals surface area contributed by atoms with Gasteiger partial charge in [0.1, 0.15) is 6.04 Å². The van der Waals surface area contributed by atoms with E-state index >= 15 is 0 Å². The third-order valence-electron chi connectivity index (χ3n) is 8.88. The van der Waals surface area contributed by atoms with Crippen molar-refractivity contribution < 1.29 is 76.4 Å². The summed E-state index contributed by atoms with van der Waals surface area (Å²) in [6, 6.07) is -0.826. The highest BCUT2D eigenvalue weighted by atomic mass is 16.6. The van der Waals surface area contributed by atoms with Gasteiger partial charge in [-0.3, -0.25) is 14.4 Å². The van der Waals surface area contributed by atoms with Gasteiger partial charge >= 0.3 is 5.97 Å². The third kappa shape index (κ3) is 42.7. The van der Waals surface area contributed by atoms with Gasteiger partial charge in [-0.05, 0) is 45.4 Å². The molecule has 0 aliphatic carbocycles. The van der Waals surface area contributed by atoms with Crippen molar-refractivity contribution in [3.8, 4) is 0 Å². The summed E-state index contributed by atoms with van der Waals surface area (Å²) in [7, 11) is 3.00. The van der Waals surface area contributed by atoms with Gasteiger partial charge in [0, 0.05) is 59.3 Å². The quantitative estimate of drug-likeness (QED) is 0.0574. The fourth-order valence-corrected chi connectivity index (χ4v) is 5.19. The predicted octanol–water partition coefficient (Wildman–Crippen LogP) is 1.14. The number of unbranched alkanes of at least 4 members (excludes halogenated alkanes) is 3. The van der Waals surface area contributed by atoms with Crippen molar-refractivity contribution in [1.82, 2.24) is 15.1 Å². The normalized spacial score (nSPS) is 12.3. The monoisotopic (exact) mass is 899 g/mol. The molecule has 0 fully saturated rings. The number of hydrogen-bond donors (Lipinski definition) is 3. The first-order chi connectivity index (χ1) is 30.2. The van der Waals surface area contributed by atoms with Gasteiger partial charge in [0.2, 0.25) is 18.2 Å².